The molecular formula is C30H34N4O4S. The fourth-order valence-corrected chi connectivity index (χ4v) is 6.00. The number of aromatic nitrogens is 1. The van der Waals surface area contributed by atoms with Gasteiger partial charge >= 0.3 is 0 Å². The number of para-hydroxylation sites is 1. The average Bonchev–Trinajstić information content (AvgIpc) is 3.36. The molecule has 1 aliphatic heterocycles. The van der Waals surface area contributed by atoms with Crippen LogP contribution in [0, 0.1) is 0 Å². The first kappa shape index (κ1) is 26.9. The highest BCUT2D eigenvalue weighted by atomic mass is 32.2. The minimum atomic E-state index is -3.96. The number of fused-ring (bicyclic) bond motifs is 1. The van der Waals surface area contributed by atoms with Crippen molar-refractivity contribution in [2.24, 2.45) is 0 Å². The van der Waals surface area contributed by atoms with E-state index in [0.29, 0.717) is 18.9 Å². The summed E-state index contributed by atoms with van der Waals surface area (Å²) < 4.78 is 34.8. The van der Waals surface area contributed by atoms with Crippen LogP contribution >= 0.6 is 0 Å². The van der Waals surface area contributed by atoms with Crippen molar-refractivity contribution in [1.82, 2.24) is 9.71 Å². The van der Waals surface area contributed by atoms with Crippen LogP contribution in [-0.2, 0) is 26.0 Å². The smallest absolute Gasteiger partial charge is 0.242 e. The molecule has 0 aliphatic carbocycles. The zero-order chi connectivity index (χ0) is 27.4. The van der Waals surface area contributed by atoms with Crippen LogP contribution in [0.15, 0.2) is 83.9 Å². The van der Waals surface area contributed by atoms with Crippen molar-refractivity contribution in [2.45, 2.75) is 37.1 Å². The van der Waals surface area contributed by atoms with Gasteiger partial charge in [0.2, 0.25) is 15.9 Å². The summed E-state index contributed by atoms with van der Waals surface area (Å²) >= 11 is 0. The van der Waals surface area contributed by atoms with Crippen LogP contribution in [0.1, 0.15) is 30.9 Å². The Labute approximate surface area is 229 Å². The Bertz CT molecular complexity index is 1520. The van der Waals surface area contributed by atoms with Gasteiger partial charge < -0.3 is 19.9 Å². The van der Waals surface area contributed by atoms with Gasteiger partial charge in [-0.25, -0.2) is 8.42 Å². The maximum atomic E-state index is 13.5. The molecule has 5 rings (SSSR count). The lowest BCUT2D eigenvalue weighted by molar-refractivity contribution is -0.117. The van der Waals surface area contributed by atoms with Crippen LogP contribution < -0.4 is 14.9 Å². The average molecular weight is 547 g/mol. The number of amides is 1. The summed E-state index contributed by atoms with van der Waals surface area (Å²) in [6.45, 7) is 7.12. The Balaban J connectivity index is 1.38. The topological polar surface area (TPSA) is 104 Å². The van der Waals surface area contributed by atoms with E-state index in [9.17, 15) is 13.2 Å². The summed E-state index contributed by atoms with van der Waals surface area (Å²) in [5, 5.41) is 3.86. The van der Waals surface area contributed by atoms with Gasteiger partial charge in [0.1, 0.15) is 6.04 Å². The molecule has 9 heteroatoms. The molecule has 1 aromatic heterocycles. The fourth-order valence-electron chi connectivity index (χ4n) is 4.80. The number of sulfonamides is 1. The third kappa shape index (κ3) is 6.33. The number of hydrogen-bond acceptors (Lipinski definition) is 5. The lowest BCUT2D eigenvalue weighted by Crippen LogP contribution is -2.45. The third-order valence-corrected chi connectivity index (χ3v) is 8.57. The monoisotopic (exact) mass is 546 g/mol. The number of anilines is 2. The molecular weight excluding hydrogens is 512 g/mol. The predicted molar refractivity (Wildman–Crippen MR) is 155 cm³/mol. The Morgan fingerprint density at radius 2 is 1.67 bits per heavy atom. The molecule has 1 fully saturated rings. The van der Waals surface area contributed by atoms with Gasteiger partial charge in [-0.3, -0.25) is 4.79 Å². The Morgan fingerprint density at radius 3 is 2.36 bits per heavy atom. The van der Waals surface area contributed by atoms with Crippen LogP contribution in [-0.4, -0.2) is 51.7 Å². The molecule has 8 nitrogen and oxygen atoms in total. The molecule has 1 aliphatic rings. The first-order valence-corrected chi connectivity index (χ1v) is 14.7. The highest BCUT2D eigenvalue weighted by Gasteiger charge is 2.27. The molecule has 2 heterocycles. The van der Waals surface area contributed by atoms with Crippen molar-refractivity contribution in [2.75, 3.05) is 36.5 Å². The maximum absolute atomic E-state index is 13.5. The van der Waals surface area contributed by atoms with E-state index in [-0.39, 0.29) is 17.2 Å². The normalized spacial score (nSPS) is 15.0. The number of nitrogens with zero attached hydrogens (tertiary/aromatic N) is 1. The van der Waals surface area contributed by atoms with Crippen molar-refractivity contribution in [3.8, 4) is 0 Å². The second-order valence-electron chi connectivity index (χ2n) is 10.1. The summed E-state index contributed by atoms with van der Waals surface area (Å²) in [5.74, 6) is -0.147. The van der Waals surface area contributed by atoms with Gasteiger partial charge in [-0.2, -0.15) is 4.72 Å². The van der Waals surface area contributed by atoms with Gasteiger partial charge in [-0.05, 0) is 65.9 Å². The number of rotatable bonds is 9. The second-order valence-corrected chi connectivity index (χ2v) is 11.8. The van der Waals surface area contributed by atoms with E-state index in [1.54, 1.807) is 12.1 Å². The molecule has 0 saturated carbocycles. The van der Waals surface area contributed by atoms with Crippen molar-refractivity contribution in [3.05, 3.63) is 90.1 Å². The van der Waals surface area contributed by atoms with Crippen LogP contribution in [0.5, 0.6) is 0 Å². The van der Waals surface area contributed by atoms with Crippen molar-refractivity contribution in [3.63, 3.8) is 0 Å². The molecule has 1 amide bonds. The second kappa shape index (κ2) is 11.6. The number of aromatic amines is 1. The van der Waals surface area contributed by atoms with E-state index in [4.69, 9.17) is 4.74 Å². The molecule has 0 spiro atoms. The summed E-state index contributed by atoms with van der Waals surface area (Å²) in [6.07, 6.45) is 2.01. The largest absolute Gasteiger partial charge is 0.378 e. The van der Waals surface area contributed by atoms with Crippen molar-refractivity contribution in [1.29, 1.82) is 0 Å². The maximum Gasteiger partial charge on any atom is 0.242 e. The lowest BCUT2D eigenvalue weighted by Gasteiger charge is -2.29. The van der Waals surface area contributed by atoms with Gasteiger partial charge in [0, 0.05) is 41.6 Å². The van der Waals surface area contributed by atoms with Crippen LogP contribution in [0.25, 0.3) is 10.9 Å². The quantitative estimate of drug-likeness (QED) is 0.283. The summed E-state index contributed by atoms with van der Waals surface area (Å²) in [6, 6.07) is 21.1. The standard InChI is InChI=1S/C30H34N4O4S/c1-21(2)22-7-13-26(14-8-22)39(36,37)33-29(19-23-20-31-28-6-4-3-5-27(23)28)30(35)32-24-9-11-25(12-10-24)34-15-17-38-18-16-34/h3-14,20-21,29,31,33H,15-19H2,1-2H3,(H,32,35). The minimum Gasteiger partial charge on any atom is -0.378 e. The lowest BCUT2D eigenvalue weighted by atomic mass is 10.0. The van der Waals surface area contributed by atoms with Crippen molar-refractivity contribution >= 4 is 38.2 Å². The molecule has 3 aromatic carbocycles. The van der Waals surface area contributed by atoms with E-state index in [1.807, 2.05) is 66.9 Å². The number of nitrogens with one attached hydrogen (secondary N) is 3. The molecule has 0 bridgehead atoms. The van der Waals surface area contributed by atoms with E-state index in [1.165, 1.54) is 0 Å². The number of benzene rings is 3. The molecule has 0 radical (unpaired) electrons. The molecule has 3 N–H and O–H groups in total. The fraction of sp³-hybridized carbons (Fsp3) is 0.300. The Kier molecular flexibility index (Phi) is 8.02. The molecule has 4 aromatic rings. The number of hydrogen-bond donors (Lipinski definition) is 3. The van der Waals surface area contributed by atoms with Gasteiger partial charge in [-0.15, -0.1) is 0 Å². The Morgan fingerprint density at radius 1 is 0.974 bits per heavy atom. The molecule has 1 unspecified atom stereocenters. The van der Waals surface area contributed by atoms with Crippen LogP contribution in [0.2, 0.25) is 0 Å². The summed E-state index contributed by atoms with van der Waals surface area (Å²) in [4.78, 5) is 19.1. The molecule has 1 atom stereocenters. The number of morpholine rings is 1. The predicted octanol–water partition coefficient (Wildman–Crippen LogP) is 4.66. The van der Waals surface area contributed by atoms with Gasteiger partial charge in [0.05, 0.1) is 18.1 Å². The van der Waals surface area contributed by atoms with Gasteiger partial charge in [-0.1, -0.05) is 44.2 Å². The van der Waals surface area contributed by atoms with E-state index < -0.39 is 22.0 Å². The van der Waals surface area contributed by atoms with Crippen LogP contribution in [0.3, 0.4) is 0 Å². The molecule has 1 saturated heterocycles. The first-order valence-electron chi connectivity index (χ1n) is 13.2. The number of carbonyl (C=O) groups excluding carboxylic acids is 1. The zero-order valence-corrected chi connectivity index (χ0v) is 23.0. The van der Waals surface area contributed by atoms with Gasteiger partial charge in [0.25, 0.3) is 0 Å². The summed E-state index contributed by atoms with van der Waals surface area (Å²) in [7, 11) is -3.96. The number of carbonyl (C=O) groups is 1. The van der Waals surface area contributed by atoms with Crippen molar-refractivity contribution < 1.29 is 17.9 Å². The number of H-pyrrole nitrogens is 1. The van der Waals surface area contributed by atoms with E-state index >= 15 is 0 Å². The first-order chi connectivity index (χ1) is 18.8. The molecule has 204 valence electrons. The highest BCUT2D eigenvalue weighted by Crippen LogP contribution is 2.23. The highest BCUT2D eigenvalue weighted by molar-refractivity contribution is 7.89. The van der Waals surface area contributed by atoms with Gasteiger partial charge in [0.15, 0.2) is 0 Å². The van der Waals surface area contributed by atoms with Crippen LogP contribution in [0.4, 0.5) is 11.4 Å². The Hall–Kier alpha value is -3.66. The third-order valence-electron chi connectivity index (χ3n) is 7.08. The molecule has 39 heavy (non-hydrogen) atoms. The minimum absolute atomic E-state index is 0.124. The SMILES string of the molecule is CC(C)c1ccc(S(=O)(=O)NC(Cc2c[nH]c3ccccc23)C(=O)Nc2ccc(N3CCOCC3)cc2)cc1. The van der Waals surface area contributed by atoms with E-state index in [0.717, 1.165) is 40.8 Å². The number of ether oxygens (including phenoxy) is 1. The zero-order valence-electron chi connectivity index (χ0n) is 22.2. The van der Waals surface area contributed by atoms with E-state index in [2.05, 4.69) is 33.8 Å². The summed E-state index contributed by atoms with van der Waals surface area (Å²) in [5.41, 5.74) is 4.48.